The summed E-state index contributed by atoms with van der Waals surface area (Å²) in [5.41, 5.74) is 1.70. The van der Waals surface area contributed by atoms with Gasteiger partial charge in [-0.25, -0.2) is 4.39 Å². The first-order valence-electron chi connectivity index (χ1n) is 12.4. The van der Waals surface area contributed by atoms with E-state index in [4.69, 9.17) is 9.15 Å². The van der Waals surface area contributed by atoms with Gasteiger partial charge in [-0.1, -0.05) is 42.5 Å². The molecule has 37 heavy (non-hydrogen) atoms. The third-order valence-corrected chi connectivity index (χ3v) is 6.21. The van der Waals surface area contributed by atoms with Gasteiger partial charge in [0, 0.05) is 38.8 Å². The van der Waals surface area contributed by atoms with Crippen LogP contribution in [0.15, 0.2) is 83.5 Å². The van der Waals surface area contributed by atoms with Gasteiger partial charge in [-0.05, 0) is 41.5 Å². The molecule has 0 aliphatic carbocycles. The average Bonchev–Trinajstić information content (AvgIpc) is 3.45. The number of ether oxygens (including phenoxy) is 1. The topological polar surface area (TPSA) is 66.2 Å². The second kappa shape index (κ2) is 13.5. The number of morpholine rings is 1. The highest BCUT2D eigenvalue weighted by atomic mass is 19.1. The molecule has 2 heterocycles. The Hall–Kier alpha value is -3.75. The van der Waals surface area contributed by atoms with Crippen molar-refractivity contribution in [1.29, 1.82) is 0 Å². The van der Waals surface area contributed by atoms with Gasteiger partial charge in [-0.15, -0.1) is 0 Å². The molecule has 0 unspecified atom stereocenters. The Morgan fingerprint density at radius 2 is 1.68 bits per heavy atom. The lowest BCUT2D eigenvalue weighted by molar-refractivity contribution is -0.139. The Bertz CT molecular complexity index is 1140. The standard InChI is InChI=1S/C29H32FN3O4/c30-26-11-8-25(9-12-26)21-33(22-27-7-4-18-37-27)29(35)23-32(15-14-31-16-19-36-20-17-31)28(34)13-10-24-5-2-1-3-6-24/h1-13,18H,14-17,19-23H2/b13-10+. The van der Waals surface area contributed by atoms with Crippen LogP contribution in [0.3, 0.4) is 0 Å². The minimum Gasteiger partial charge on any atom is -0.467 e. The van der Waals surface area contributed by atoms with Crippen molar-refractivity contribution >= 4 is 17.9 Å². The summed E-state index contributed by atoms with van der Waals surface area (Å²) < 4.78 is 24.3. The van der Waals surface area contributed by atoms with Crippen molar-refractivity contribution in [3.05, 3.63) is 102 Å². The molecular weight excluding hydrogens is 473 g/mol. The average molecular weight is 506 g/mol. The van der Waals surface area contributed by atoms with E-state index in [1.807, 2.05) is 30.3 Å². The molecule has 1 aliphatic heterocycles. The molecule has 0 radical (unpaired) electrons. The number of carbonyl (C=O) groups excluding carboxylic acids is 2. The van der Waals surface area contributed by atoms with Gasteiger partial charge in [0.15, 0.2) is 0 Å². The molecule has 0 saturated carbocycles. The molecule has 1 aromatic heterocycles. The molecule has 2 amide bonds. The fourth-order valence-corrected chi connectivity index (χ4v) is 4.09. The lowest BCUT2D eigenvalue weighted by Crippen LogP contribution is -2.46. The SMILES string of the molecule is O=C(/C=C/c1ccccc1)N(CCN1CCOCC1)CC(=O)N(Cc1ccc(F)cc1)Cc1ccco1. The third kappa shape index (κ3) is 8.41. The van der Waals surface area contributed by atoms with Crippen LogP contribution >= 0.6 is 0 Å². The molecule has 2 aromatic carbocycles. The largest absolute Gasteiger partial charge is 0.467 e. The Balaban J connectivity index is 1.48. The number of rotatable bonds is 11. The summed E-state index contributed by atoms with van der Waals surface area (Å²) in [6.45, 7) is 4.41. The van der Waals surface area contributed by atoms with Gasteiger partial charge >= 0.3 is 0 Å². The van der Waals surface area contributed by atoms with E-state index in [-0.39, 0.29) is 37.3 Å². The van der Waals surface area contributed by atoms with E-state index in [1.54, 1.807) is 46.4 Å². The fourth-order valence-electron chi connectivity index (χ4n) is 4.09. The maximum atomic E-state index is 13.5. The third-order valence-electron chi connectivity index (χ3n) is 6.21. The van der Waals surface area contributed by atoms with Crippen molar-refractivity contribution < 1.29 is 23.1 Å². The normalized spacial score (nSPS) is 14.1. The van der Waals surface area contributed by atoms with Crippen molar-refractivity contribution in [3.8, 4) is 0 Å². The molecular formula is C29H32FN3O4. The van der Waals surface area contributed by atoms with Gasteiger partial charge in [0.1, 0.15) is 18.1 Å². The zero-order chi connectivity index (χ0) is 25.9. The van der Waals surface area contributed by atoms with Gasteiger partial charge in [0.2, 0.25) is 11.8 Å². The van der Waals surface area contributed by atoms with E-state index in [1.165, 1.54) is 18.2 Å². The number of benzene rings is 2. The zero-order valence-electron chi connectivity index (χ0n) is 20.8. The summed E-state index contributed by atoms with van der Waals surface area (Å²) >= 11 is 0. The number of furan rings is 1. The number of halogens is 1. The van der Waals surface area contributed by atoms with Crippen molar-refractivity contribution in [2.75, 3.05) is 45.9 Å². The maximum absolute atomic E-state index is 13.5. The van der Waals surface area contributed by atoms with E-state index < -0.39 is 0 Å². The fraction of sp³-hybridized carbons (Fsp3) is 0.310. The van der Waals surface area contributed by atoms with Crippen LogP contribution in [-0.2, 0) is 27.4 Å². The summed E-state index contributed by atoms with van der Waals surface area (Å²) in [5, 5.41) is 0. The van der Waals surface area contributed by atoms with Crippen LogP contribution in [0.25, 0.3) is 6.08 Å². The summed E-state index contributed by atoms with van der Waals surface area (Å²) in [4.78, 5) is 32.2. The second-order valence-corrected chi connectivity index (χ2v) is 8.91. The molecule has 0 atom stereocenters. The van der Waals surface area contributed by atoms with Crippen LogP contribution in [0, 0.1) is 5.82 Å². The Labute approximate surface area is 216 Å². The van der Waals surface area contributed by atoms with Crippen LogP contribution in [0.5, 0.6) is 0 Å². The smallest absolute Gasteiger partial charge is 0.247 e. The molecule has 4 rings (SSSR count). The number of hydrogen-bond acceptors (Lipinski definition) is 5. The van der Waals surface area contributed by atoms with Gasteiger partial charge in [-0.3, -0.25) is 14.5 Å². The van der Waals surface area contributed by atoms with E-state index in [9.17, 15) is 14.0 Å². The van der Waals surface area contributed by atoms with Gasteiger partial charge < -0.3 is 19.0 Å². The molecule has 3 aromatic rings. The van der Waals surface area contributed by atoms with Crippen LogP contribution in [-0.4, -0.2) is 72.5 Å². The molecule has 0 spiro atoms. The molecule has 0 bridgehead atoms. The number of amides is 2. The Kier molecular flexibility index (Phi) is 9.62. The minimum absolute atomic E-state index is 0.0792. The predicted molar refractivity (Wildman–Crippen MR) is 139 cm³/mol. The van der Waals surface area contributed by atoms with E-state index in [2.05, 4.69) is 4.90 Å². The number of carbonyl (C=O) groups is 2. The number of nitrogens with zero attached hydrogens (tertiary/aromatic N) is 3. The first-order valence-corrected chi connectivity index (χ1v) is 12.4. The molecule has 1 aliphatic rings. The Morgan fingerprint density at radius 1 is 0.919 bits per heavy atom. The minimum atomic E-state index is -0.335. The van der Waals surface area contributed by atoms with Crippen molar-refractivity contribution in [2.24, 2.45) is 0 Å². The molecule has 1 fully saturated rings. The van der Waals surface area contributed by atoms with Crippen LogP contribution in [0.4, 0.5) is 4.39 Å². The van der Waals surface area contributed by atoms with E-state index in [0.29, 0.717) is 32.1 Å². The monoisotopic (exact) mass is 505 g/mol. The molecule has 7 nitrogen and oxygen atoms in total. The first kappa shape index (κ1) is 26.3. The van der Waals surface area contributed by atoms with Gasteiger partial charge in [0.05, 0.1) is 26.0 Å². The zero-order valence-corrected chi connectivity index (χ0v) is 20.8. The lowest BCUT2D eigenvalue weighted by Gasteiger charge is -2.31. The van der Waals surface area contributed by atoms with Crippen LogP contribution in [0.2, 0.25) is 0 Å². The van der Waals surface area contributed by atoms with Crippen LogP contribution in [0.1, 0.15) is 16.9 Å². The highest BCUT2D eigenvalue weighted by molar-refractivity contribution is 5.94. The first-order chi connectivity index (χ1) is 18.1. The van der Waals surface area contributed by atoms with E-state index >= 15 is 0 Å². The molecule has 1 saturated heterocycles. The molecule has 8 heteroatoms. The van der Waals surface area contributed by atoms with E-state index in [0.717, 1.165) is 24.2 Å². The Morgan fingerprint density at radius 3 is 2.38 bits per heavy atom. The molecule has 194 valence electrons. The summed E-state index contributed by atoms with van der Waals surface area (Å²) in [5.74, 6) is -0.155. The van der Waals surface area contributed by atoms with Crippen molar-refractivity contribution in [3.63, 3.8) is 0 Å². The van der Waals surface area contributed by atoms with Gasteiger partial charge in [0.25, 0.3) is 0 Å². The molecule has 0 N–H and O–H groups in total. The van der Waals surface area contributed by atoms with Gasteiger partial charge in [-0.2, -0.15) is 0 Å². The summed E-state index contributed by atoms with van der Waals surface area (Å²) in [6, 6.07) is 19.2. The highest BCUT2D eigenvalue weighted by Crippen LogP contribution is 2.13. The van der Waals surface area contributed by atoms with Crippen LogP contribution < -0.4 is 0 Å². The predicted octanol–water partition coefficient (Wildman–Crippen LogP) is 3.82. The quantitative estimate of drug-likeness (QED) is 0.371. The summed E-state index contributed by atoms with van der Waals surface area (Å²) in [6.07, 6.45) is 4.83. The summed E-state index contributed by atoms with van der Waals surface area (Å²) in [7, 11) is 0. The highest BCUT2D eigenvalue weighted by Gasteiger charge is 2.22. The number of hydrogen-bond donors (Lipinski definition) is 0. The second-order valence-electron chi connectivity index (χ2n) is 8.91. The maximum Gasteiger partial charge on any atom is 0.247 e. The van der Waals surface area contributed by atoms with Crippen molar-refractivity contribution in [2.45, 2.75) is 13.1 Å². The van der Waals surface area contributed by atoms with Crippen molar-refractivity contribution in [1.82, 2.24) is 14.7 Å². The lowest BCUT2D eigenvalue weighted by atomic mass is 10.2.